The van der Waals surface area contributed by atoms with Gasteiger partial charge in [-0.05, 0) is 101 Å². The normalized spacial score (nSPS) is 14.3. The van der Waals surface area contributed by atoms with Gasteiger partial charge in [0.25, 0.3) is 0 Å². The van der Waals surface area contributed by atoms with Gasteiger partial charge in [0, 0.05) is 43.3 Å². The summed E-state index contributed by atoms with van der Waals surface area (Å²) in [6.07, 6.45) is 10.9. The SMILES string of the molecule is CC.CCCC(=O)C(CC)Cc1cc(C)cc(Cl)c1.CCCCn1nc(C(CN2CCCCC2)OC)cc1CC.CCF. The zero-order chi connectivity index (χ0) is 32.6. The molecule has 0 amide bonds. The summed E-state index contributed by atoms with van der Waals surface area (Å²) in [5.74, 6) is 0.528. The third kappa shape index (κ3) is 16.8. The zero-order valence-electron chi connectivity index (χ0n) is 29.0. The van der Waals surface area contributed by atoms with E-state index in [1.807, 2.05) is 46.9 Å². The Labute approximate surface area is 268 Å². The van der Waals surface area contributed by atoms with Crippen molar-refractivity contribution in [3.8, 4) is 0 Å². The molecule has 7 heteroatoms. The van der Waals surface area contributed by atoms with Crippen molar-refractivity contribution in [3.63, 3.8) is 0 Å². The second-order valence-electron chi connectivity index (χ2n) is 11.0. The van der Waals surface area contributed by atoms with Gasteiger partial charge < -0.3 is 9.64 Å². The van der Waals surface area contributed by atoms with Crippen molar-refractivity contribution >= 4 is 17.4 Å². The number of alkyl halides is 1. The first-order valence-corrected chi connectivity index (χ1v) is 17.3. The van der Waals surface area contributed by atoms with E-state index < -0.39 is 0 Å². The van der Waals surface area contributed by atoms with E-state index in [4.69, 9.17) is 21.4 Å². The standard InChI is InChI=1S/C17H31N3O.C15H21ClO.C2H5F.C2H6/c1-4-6-12-20-15(5-2)13-16(18-20)17(21-3)14-19-10-8-7-9-11-19;1-4-6-15(17)13(5-2)9-12-7-11(3)8-14(16)10-12;1-2-3;1-2/h13,17H,4-12,14H2,1-3H3;7-8,10,13H,4-6,9H2,1-3H3;2H2,1H3;1-2H3. The van der Waals surface area contributed by atoms with Gasteiger partial charge in [0.05, 0.1) is 12.4 Å². The number of rotatable bonds is 14. The number of unbranched alkanes of at least 4 members (excludes halogenated alkanes) is 1. The summed E-state index contributed by atoms with van der Waals surface area (Å²) in [6, 6.07) is 8.28. The van der Waals surface area contributed by atoms with Gasteiger partial charge in [0.2, 0.25) is 0 Å². The van der Waals surface area contributed by atoms with Gasteiger partial charge in [-0.25, -0.2) is 0 Å². The van der Waals surface area contributed by atoms with E-state index in [-0.39, 0.29) is 18.7 Å². The highest BCUT2D eigenvalue weighted by atomic mass is 35.5. The average Bonchev–Trinajstić information content (AvgIpc) is 3.42. The predicted octanol–water partition coefficient (Wildman–Crippen LogP) is 10.0. The highest BCUT2D eigenvalue weighted by molar-refractivity contribution is 6.30. The average molecular weight is 624 g/mol. The Morgan fingerprint density at radius 3 is 2.19 bits per heavy atom. The predicted molar refractivity (Wildman–Crippen MR) is 183 cm³/mol. The van der Waals surface area contributed by atoms with Crippen LogP contribution in [0.1, 0.15) is 128 Å². The van der Waals surface area contributed by atoms with E-state index in [1.165, 1.54) is 63.4 Å². The molecule has 0 radical (unpaired) electrons. The smallest absolute Gasteiger partial charge is 0.136 e. The number of halogens is 2. The molecule has 0 N–H and O–H groups in total. The fraction of sp³-hybridized carbons (Fsp3) is 0.722. The number of hydrogen-bond acceptors (Lipinski definition) is 4. The van der Waals surface area contributed by atoms with Crippen LogP contribution in [0.15, 0.2) is 24.3 Å². The van der Waals surface area contributed by atoms with Crippen LogP contribution in [0.5, 0.6) is 0 Å². The Morgan fingerprint density at radius 1 is 1.02 bits per heavy atom. The van der Waals surface area contributed by atoms with Crippen LogP contribution in [0.2, 0.25) is 5.02 Å². The molecule has 2 heterocycles. The molecule has 1 aliphatic heterocycles. The van der Waals surface area contributed by atoms with Crippen molar-refractivity contribution in [2.45, 2.75) is 132 Å². The molecule has 0 bridgehead atoms. The van der Waals surface area contributed by atoms with Gasteiger partial charge in [-0.15, -0.1) is 0 Å². The Kier molecular flexibility index (Phi) is 24.5. The van der Waals surface area contributed by atoms with Crippen LogP contribution in [-0.4, -0.2) is 53.9 Å². The van der Waals surface area contributed by atoms with Crippen molar-refractivity contribution in [1.82, 2.24) is 14.7 Å². The fourth-order valence-electron chi connectivity index (χ4n) is 5.24. The Balaban J connectivity index is 0.000000726. The number of likely N-dealkylation sites (tertiary alicyclic amines) is 1. The molecule has 43 heavy (non-hydrogen) atoms. The molecule has 0 aliphatic carbocycles. The summed E-state index contributed by atoms with van der Waals surface area (Å²) >= 11 is 6.03. The number of carbonyl (C=O) groups is 1. The third-order valence-corrected chi connectivity index (χ3v) is 7.70. The number of aryl methyl sites for hydroxylation is 3. The maximum absolute atomic E-state index is 11.9. The van der Waals surface area contributed by atoms with Crippen LogP contribution in [0, 0.1) is 12.8 Å². The highest BCUT2D eigenvalue weighted by Crippen LogP contribution is 2.22. The first kappa shape index (κ1) is 41.2. The zero-order valence-corrected chi connectivity index (χ0v) is 29.7. The Hall–Kier alpha value is -1.76. The number of hydrogen-bond donors (Lipinski definition) is 0. The lowest BCUT2D eigenvalue weighted by molar-refractivity contribution is -0.123. The summed E-state index contributed by atoms with van der Waals surface area (Å²) in [5.41, 5.74) is 4.77. The second kappa shape index (κ2) is 25.6. The number of piperidine rings is 1. The van der Waals surface area contributed by atoms with E-state index in [1.54, 1.807) is 0 Å². The van der Waals surface area contributed by atoms with Crippen LogP contribution < -0.4 is 0 Å². The van der Waals surface area contributed by atoms with Crippen molar-refractivity contribution in [1.29, 1.82) is 0 Å². The van der Waals surface area contributed by atoms with E-state index >= 15 is 0 Å². The number of benzene rings is 1. The maximum Gasteiger partial charge on any atom is 0.136 e. The number of Topliss-reactive ketones (excluding diaryl/α,β-unsaturated/α-hetero) is 1. The molecule has 1 aromatic heterocycles. The number of ether oxygens (including phenoxy) is 1. The van der Waals surface area contributed by atoms with Gasteiger partial charge in [0.1, 0.15) is 11.9 Å². The molecule has 1 aliphatic rings. The molecule has 2 aromatic rings. The van der Waals surface area contributed by atoms with Crippen LogP contribution in [-0.2, 0) is 28.9 Å². The quantitative estimate of drug-likeness (QED) is 0.210. The number of nitrogens with zero attached hydrogens (tertiary/aromatic N) is 3. The minimum Gasteiger partial charge on any atom is -0.374 e. The van der Waals surface area contributed by atoms with Gasteiger partial charge in [-0.2, -0.15) is 5.10 Å². The van der Waals surface area contributed by atoms with Crippen molar-refractivity contribution in [2.75, 3.05) is 33.4 Å². The van der Waals surface area contributed by atoms with Crippen LogP contribution in [0.4, 0.5) is 4.39 Å². The van der Waals surface area contributed by atoms with E-state index in [0.717, 1.165) is 55.1 Å². The molecule has 2 unspecified atom stereocenters. The van der Waals surface area contributed by atoms with E-state index in [2.05, 4.69) is 42.5 Å². The third-order valence-electron chi connectivity index (χ3n) is 7.48. The number of methoxy groups -OCH3 is 1. The second-order valence-corrected chi connectivity index (χ2v) is 11.4. The lowest BCUT2D eigenvalue weighted by Gasteiger charge is -2.29. The summed E-state index contributed by atoms with van der Waals surface area (Å²) in [6.45, 7) is 20.2. The molecule has 0 saturated carbocycles. The minimum atomic E-state index is -0.250. The molecule has 0 spiro atoms. The van der Waals surface area contributed by atoms with Gasteiger partial charge in [-0.3, -0.25) is 13.9 Å². The highest BCUT2D eigenvalue weighted by Gasteiger charge is 2.21. The molecule has 2 atom stereocenters. The van der Waals surface area contributed by atoms with Gasteiger partial charge in [-0.1, -0.05) is 72.1 Å². The van der Waals surface area contributed by atoms with E-state index in [0.29, 0.717) is 12.2 Å². The Bertz CT molecular complexity index is 955. The van der Waals surface area contributed by atoms with E-state index in [9.17, 15) is 9.18 Å². The van der Waals surface area contributed by atoms with Crippen LogP contribution in [0.25, 0.3) is 0 Å². The van der Waals surface area contributed by atoms with Gasteiger partial charge in [0.15, 0.2) is 0 Å². The number of aromatic nitrogens is 2. The summed E-state index contributed by atoms with van der Waals surface area (Å²) in [5, 5.41) is 5.58. The minimum absolute atomic E-state index is 0.108. The summed E-state index contributed by atoms with van der Waals surface area (Å²) in [7, 11) is 1.81. The molecule has 248 valence electrons. The first-order valence-electron chi connectivity index (χ1n) is 16.9. The molecule has 1 aromatic carbocycles. The molecular formula is C36H63ClFN3O2. The molecule has 3 rings (SSSR count). The lowest BCUT2D eigenvalue weighted by atomic mass is 9.90. The largest absolute Gasteiger partial charge is 0.374 e. The molecular weight excluding hydrogens is 561 g/mol. The number of ketones is 1. The monoisotopic (exact) mass is 623 g/mol. The topological polar surface area (TPSA) is 47.4 Å². The number of carbonyl (C=O) groups excluding carboxylic acids is 1. The molecule has 1 fully saturated rings. The van der Waals surface area contributed by atoms with Crippen molar-refractivity contribution in [3.05, 3.63) is 51.8 Å². The Morgan fingerprint density at radius 2 is 1.67 bits per heavy atom. The maximum atomic E-state index is 11.9. The molecule has 1 saturated heterocycles. The summed E-state index contributed by atoms with van der Waals surface area (Å²) < 4.78 is 18.2. The molecule has 5 nitrogen and oxygen atoms in total. The lowest BCUT2D eigenvalue weighted by Crippen LogP contribution is -2.34. The summed E-state index contributed by atoms with van der Waals surface area (Å²) in [4.78, 5) is 14.4. The van der Waals surface area contributed by atoms with Gasteiger partial charge >= 0.3 is 0 Å². The van der Waals surface area contributed by atoms with Crippen LogP contribution >= 0.6 is 11.6 Å². The fourth-order valence-corrected chi connectivity index (χ4v) is 5.55. The van der Waals surface area contributed by atoms with Crippen LogP contribution in [0.3, 0.4) is 0 Å². The van der Waals surface area contributed by atoms with Crippen molar-refractivity contribution in [2.24, 2.45) is 5.92 Å². The van der Waals surface area contributed by atoms with Crippen molar-refractivity contribution < 1.29 is 13.9 Å². The first-order chi connectivity index (χ1) is 20.8.